The Bertz CT molecular complexity index is 2740. The Balaban J connectivity index is 0.000000150. The first-order valence-electron chi connectivity index (χ1n) is 19.9. The second kappa shape index (κ2) is 20.0. The minimum Gasteiger partial charge on any atom is -0.674 e. The predicted octanol–water partition coefficient (Wildman–Crippen LogP) is 9.99. The van der Waals surface area contributed by atoms with Crippen LogP contribution in [0, 0.1) is 0 Å². The third kappa shape index (κ3) is 10.4. The topological polar surface area (TPSA) is 160 Å². The second-order valence-corrected chi connectivity index (χ2v) is 14.3. The fraction of sp³-hybridized carbons (Fsp3) is 0.213. The number of nitrogens with one attached hydrogen (secondary N) is 2. The maximum atomic E-state index is 12.9. The number of carbonyl (C=O) groups excluding carboxylic acids is 2. The van der Waals surface area contributed by atoms with Crippen molar-refractivity contribution < 1.29 is 31.9 Å². The number of carbonyl (C=O) groups is 2. The maximum Gasteiger partial charge on any atom is 0.433 e. The van der Waals surface area contributed by atoms with E-state index in [1.807, 2.05) is 77.7 Å². The Labute approximate surface area is 355 Å². The summed E-state index contributed by atoms with van der Waals surface area (Å²) >= 11 is 0. The van der Waals surface area contributed by atoms with Crippen molar-refractivity contribution in [3.05, 3.63) is 156 Å². The van der Waals surface area contributed by atoms with Gasteiger partial charge in [-0.05, 0) is 67.3 Å². The number of hydrogen-bond donors (Lipinski definition) is 1. The van der Waals surface area contributed by atoms with Gasteiger partial charge < -0.3 is 25.1 Å². The SMILES string of the molecule is COCCNC(=O)c1ccc2cncc(-c3ccccc3)c2n1.O=C(c1ccc2cncc(-c3cc4ccccc4o3)c2n1)N1CCCCC1.[NH-]Cc1ccc(C(F)(F)F)nc1. The van der Waals surface area contributed by atoms with E-state index in [4.69, 9.17) is 19.9 Å². The number of piperidine rings is 1. The lowest BCUT2D eigenvalue weighted by atomic mass is 10.0. The summed E-state index contributed by atoms with van der Waals surface area (Å²) < 4.78 is 46.7. The number of furan rings is 1. The number of alkyl halides is 3. The first-order chi connectivity index (χ1) is 30.1. The number of fused-ring (bicyclic) bond motifs is 3. The number of aromatic nitrogens is 5. The molecule has 0 bridgehead atoms. The van der Waals surface area contributed by atoms with Crippen LogP contribution >= 0.6 is 0 Å². The lowest BCUT2D eigenvalue weighted by molar-refractivity contribution is -0.141. The van der Waals surface area contributed by atoms with Crippen molar-refractivity contribution in [1.82, 2.24) is 35.1 Å². The van der Waals surface area contributed by atoms with E-state index in [0.29, 0.717) is 35.9 Å². The van der Waals surface area contributed by atoms with E-state index in [-0.39, 0.29) is 18.4 Å². The largest absolute Gasteiger partial charge is 0.674 e. The van der Waals surface area contributed by atoms with Crippen LogP contribution in [0.25, 0.3) is 61.0 Å². The molecule has 6 aromatic heterocycles. The summed E-state index contributed by atoms with van der Waals surface area (Å²) in [7, 11) is 1.60. The highest BCUT2D eigenvalue weighted by Crippen LogP contribution is 2.32. The van der Waals surface area contributed by atoms with Crippen molar-refractivity contribution in [3.63, 3.8) is 0 Å². The summed E-state index contributed by atoms with van der Waals surface area (Å²) in [6.45, 7) is 2.50. The molecule has 62 heavy (non-hydrogen) atoms. The molecule has 2 aromatic carbocycles. The van der Waals surface area contributed by atoms with Crippen molar-refractivity contribution >= 4 is 44.6 Å². The molecule has 12 nitrogen and oxygen atoms in total. The van der Waals surface area contributed by atoms with Gasteiger partial charge in [0, 0.05) is 79.5 Å². The van der Waals surface area contributed by atoms with E-state index >= 15 is 0 Å². The molecule has 1 aliphatic rings. The van der Waals surface area contributed by atoms with E-state index in [2.05, 4.69) is 25.3 Å². The highest BCUT2D eigenvalue weighted by molar-refractivity contribution is 6.00. The van der Waals surface area contributed by atoms with Gasteiger partial charge in [-0.3, -0.25) is 24.5 Å². The minimum atomic E-state index is -4.39. The fourth-order valence-corrected chi connectivity index (χ4v) is 6.77. The zero-order chi connectivity index (χ0) is 43.5. The number of hydrogen-bond acceptors (Lipinski definition) is 9. The number of para-hydroxylation sites is 1. The molecular formula is C47H42F3N8O4-. The number of pyridine rings is 5. The van der Waals surface area contributed by atoms with Crippen molar-refractivity contribution in [1.29, 1.82) is 0 Å². The molecule has 2 amide bonds. The van der Waals surface area contributed by atoms with Crippen molar-refractivity contribution in [3.8, 4) is 22.5 Å². The average Bonchev–Trinajstić information content (AvgIpc) is 3.76. The number of nitrogens with zero attached hydrogens (tertiary/aromatic N) is 6. The molecule has 2 N–H and O–H groups in total. The van der Waals surface area contributed by atoms with E-state index in [1.54, 1.807) is 44.0 Å². The number of halogens is 3. The quantitative estimate of drug-likeness (QED) is 0.147. The molecule has 15 heteroatoms. The molecule has 0 saturated carbocycles. The van der Waals surface area contributed by atoms with Crippen molar-refractivity contribution in [2.75, 3.05) is 33.4 Å². The molecule has 0 spiro atoms. The molecule has 316 valence electrons. The van der Waals surface area contributed by atoms with Crippen LogP contribution in [0.2, 0.25) is 0 Å². The van der Waals surface area contributed by atoms with Crippen LogP contribution in [-0.4, -0.2) is 75.0 Å². The second-order valence-electron chi connectivity index (χ2n) is 14.3. The minimum absolute atomic E-state index is 0.00367. The summed E-state index contributed by atoms with van der Waals surface area (Å²) in [6, 6.07) is 29.2. The van der Waals surface area contributed by atoms with Crippen molar-refractivity contribution in [2.45, 2.75) is 32.0 Å². The third-order valence-electron chi connectivity index (χ3n) is 9.98. The van der Waals surface area contributed by atoms with Gasteiger partial charge in [0.25, 0.3) is 11.8 Å². The van der Waals surface area contributed by atoms with Crippen LogP contribution in [0.1, 0.15) is 51.5 Å². The van der Waals surface area contributed by atoms with E-state index in [1.165, 1.54) is 12.5 Å². The molecule has 0 atom stereocenters. The number of rotatable bonds is 8. The Kier molecular flexibility index (Phi) is 13.9. The zero-order valence-corrected chi connectivity index (χ0v) is 33.7. The molecule has 1 saturated heterocycles. The van der Waals surface area contributed by atoms with Crippen LogP contribution in [0.4, 0.5) is 13.2 Å². The average molecular weight is 840 g/mol. The summed E-state index contributed by atoms with van der Waals surface area (Å²) in [4.78, 5) is 47.9. The molecule has 1 fully saturated rings. The van der Waals surface area contributed by atoms with Gasteiger partial charge in [-0.15, -0.1) is 6.54 Å². The van der Waals surface area contributed by atoms with Gasteiger partial charge in [-0.1, -0.05) is 60.2 Å². The first-order valence-corrected chi connectivity index (χ1v) is 19.9. The lowest BCUT2D eigenvalue weighted by Gasteiger charge is -2.26. The molecule has 0 unspecified atom stereocenters. The molecule has 0 radical (unpaired) electrons. The first kappa shape index (κ1) is 43.0. The Morgan fingerprint density at radius 1 is 0.758 bits per heavy atom. The number of benzene rings is 2. The van der Waals surface area contributed by atoms with E-state index in [0.717, 1.165) is 87.7 Å². The van der Waals surface area contributed by atoms with Crippen LogP contribution in [-0.2, 0) is 17.5 Å². The molecule has 1 aliphatic heterocycles. The Hall–Kier alpha value is -7.10. The van der Waals surface area contributed by atoms with Crippen LogP contribution in [0.15, 0.2) is 132 Å². The van der Waals surface area contributed by atoms with Gasteiger partial charge in [-0.2, -0.15) is 13.2 Å². The van der Waals surface area contributed by atoms with Gasteiger partial charge >= 0.3 is 6.18 Å². The number of likely N-dealkylation sites (tertiary alicyclic amines) is 1. The van der Waals surface area contributed by atoms with Crippen LogP contribution < -0.4 is 5.32 Å². The van der Waals surface area contributed by atoms with Gasteiger partial charge in [0.15, 0.2) is 0 Å². The monoisotopic (exact) mass is 839 g/mol. The molecule has 0 aliphatic carbocycles. The fourth-order valence-electron chi connectivity index (χ4n) is 6.77. The number of methoxy groups -OCH3 is 1. The zero-order valence-electron chi connectivity index (χ0n) is 33.7. The van der Waals surface area contributed by atoms with E-state index < -0.39 is 11.9 Å². The van der Waals surface area contributed by atoms with Gasteiger partial charge in [0.1, 0.15) is 28.4 Å². The van der Waals surface area contributed by atoms with Crippen molar-refractivity contribution in [2.24, 2.45) is 0 Å². The predicted molar refractivity (Wildman–Crippen MR) is 231 cm³/mol. The molecule has 9 rings (SSSR count). The van der Waals surface area contributed by atoms with Crippen LogP contribution in [0.5, 0.6) is 0 Å². The van der Waals surface area contributed by atoms with Crippen LogP contribution in [0.3, 0.4) is 0 Å². The third-order valence-corrected chi connectivity index (χ3v) is 9.98. The standard InChI is InChI=1S/C22H19N3O2.C18H17N3O2.C7H6F3N2/c26-22(25-10-4-1-5-11-25)18-9-8-16-13-23-14-17(21(16)24-18)20-12-15-6-2-3-7-19(15)27-20;1-23-10-9-20-18(22)16-8-7-14-11-19-12-15(17(14)21-16)13-5-3-2-4-6-13;8-7(9,10)6-2-1-5(3-11)4-12-6/h2-3,6-9,12-14H,1,4-5,10-11H2;2-8,11-12H,9-10H2,1H3,(H,20,22);1-2,4,11H,3H2/q;;-1. The molecule has 8 aromatic rings. The Morgan fingerprint density at radius 2 is 1.42 bits per heavy atom. The summed E-state index contributed by atoms with van der Waals surface area (Å²) in [5.74, 6) is 0.508. The maximum absolute atomic E-state index is 12.9. The van der Waals surface area contributed by atoms with Gasteiger partial charge in [-0.25, -0.2) is 9.97 Å². The summed E-state index contributed by atoms with van der Waals surface area (Å²) in [6.07, 6.45) is 7.04. The highest BCUT2D eigenvalue weighted by Gasteiger charge is 2.31. The molecular weight excluding hydrogens is 798 g/mol. The lowest BCUT2D eigenvalue weighted by Crippen LogP contribution is -2.36. The van der Waals surface area contributed by atoms with Gasteiger partial charge in [0.2, 0.25) is 0 Å². The smallest absolute Gasteiger partial charge is 0.433 e. The highest BCUT2D eigenvalue weighted by atomic mass is 19.4. The molecule has 7 heterocycles. The number of amides is 2. The van der Waals surface area contributed by atoms with Gasteiger partial charge in [0.05, 0.1) is 23.2 Å². The number of ether oxygens (including phenoxy) is 1. The Morgan fingerprint density at radius 3 is 2.08 bits per heavy atom. The summed E-state index contributed by atoms with van der Waals surface area (Å²) in [5, 5.41) is 5.61. The normalized spacial score (nSPS) is 12.6. The summed E-state index contributed by atoms with van der Waals surface area (Å²) in [5.41, 5.74) is 12.3. The van der Waals surface area contributed by atoms with E-state index in [9.17, 15) is 22.8 Å².